The highest BCUT2D eigenvalue weighted by atomic mass is 16.5. The van der Waals surface area contributed by atoms with Crippen molar-refractivity contribution in [3.63, 3.8) is 0 Å². The van der Waals surface area contributed by atoms with Crippen molar-refractivity contribution in [3.8, 4) is 0 Å². The zero-order valence-corrected chi connectivity index (χ0v) is 9.51. The second-order valence-electron chi connectivity index (χ2n) is 5.62. The van der Waals surface area contributed by atoms with Crippen molar-refractivity contribution in [1.29, 1.82) is 0 Å². The molecule has 2 N–H and O–H groups in total. The van der Waals surface area contributed by atoms with E-state index in [2.05, 4.69) is 13.8 Å². The third kappa shape index (κ3) is 1.82. The first kappa shape index (κ1) is 10.4. The molecule has 2 aliphatic rings. The van der Waals surface area contributed by atoms with Crippen LogP contribution >= 0.6 is 0 Å². The van der Waals surface area contributed by atoms with E-state index in [-0.39, 0.29) is 11.2 Å². The van der Waals surface area contributed by atoms with Crippen LogP contribution in [0.1, 0.15) is 52.4 Å². The lowest BCUT2D eigenvalue weighted by molar-refractivity contribution is -0.0948. The summed E-state index contributed by atoms with van der Waals surface area (Å²) in [5, 5.41) is 0. The van der Waals surface area contributed by atoms with E-state index >= 15 is 0 Å². The molecule has 3 unspecified atom stereocenters. The summed E-state index contributed by atoms with van der Waals surface area (Å²) in [6.45, 7) is 5.33. The molecule has 0 aromatic heterocycles. The van der Waals surface area contributed by atoms with Crippen molar-refractivity contribution < 1.29 is 4.74 Å². The number of hydrogen-bond donors (Lipinski definition) is 1. The van der Waals surface area contributed by atoms with Crippen LogP contribution in [0.3, 0.4) is 0 Å². The van der Waals surface area contributed by atoms with E-state index in [0.29, 0.717) is 0 Å². The molecule has 1 aliphatic carbocycles. The molecule has 0 bridgehead atoms. The Bertz CT molecular complexity index is 218. The topological polar surface area (TPSA) is 35.2 Å². The number of ether oxygens (including phenoxy) is 1. The molecular weight excluding hydrogens is 174 g/mol. The van der Waals surface area contributed by atoms with Crippen molar-refractivity contribution in [2.75, 3.05) is 6.54 Å². The van der Waals surface area contributed by atoms with Crippen molar-refractivity contribution >= 4 is 0 Å². The van der Waals surface area contributed by atoms with Crippen molar-refractivity contribution in [2.45, 2.75) is 63.6 Å². The molecule has 0 aromatic carbocycles. The minimum Gasteiger partial charge on any atom is -0.369 e. The summed E-state index contributed by atoms with van der Waals surface area (Å²) >= 11 is 0. The summed E-state index contributed by atoms with van der Waals surface area (Å²) in [6.07, 6.45) is 7.37. The lowest BCUT2D eigenvalue weighted by Gasteiger charge is -2.30. The van der Waals surface area contributed by atoms with E-state index < -0.39 is 0 Å². The lowest BCUT2D eigenvalue weighted by atomic mass is 9.93. The highest BCUT2D eigenvalue weighted by Gasteiger charge is 2.48. The van der Waals surface area contributed by atoms with Crippen LogP contribution in [0.5, 0.6) is 0 Å². The van der Waals surface area contributed by atoms with Crippen LogP contribution in [-0.2, 0) is 4.74 Å². The van der Waals surface area contributed by atoms with Gasteiger partial charge in [0.1, 0.15) is 0 Å². The minimum atomic E-state index is 0.0822. The Kier molecular flexibility index (Phi) is 2.61. The fourth-order valence-electron chi connectivity index (χ4n) is 3.27. The van der Waals surface area contributed by atoms with Gasteiger partial charge < -0.3 is 10.5 Å². The summed E-state index contributed by atoms with van der Waals surface area (Å²) < 4.78 is 6.33. The van der Waals surface area contributed by atoms with Gasteiger partial charge in [-0.3, -0.25) is 0 Å². The smallest absolute Gasteiger partial charge is 0.0693 e. The predicted octanol–water partition coefficient (Wildman–Crippen LogP) is 2.46. The molecule has 2 rings (SSSR count). The van der Waals surface area contributed by atoms with E-state index in [4.69, 9.17) is 10.5 Å². The minimum absolute atomic E-state index is 0.0822. The van der Waals surface area contributed by atoms with Crippen molar-refractivity contribution in [2.24, 2.45) is 11.7 Å². The van der Waals surface area contributed by atoms with Gasteiger partial charge in [-0.05, 0) is 57.9 Å². The van der Waals surface area contributed by atoms with Gasteiger partial charge in [0.15, 0.2) is 0 Å². The second kappa shape index (κ2) is 3.49. The van der Waals surface area contributed by atoms with Crippen LogP contribution < -0.4 is 5.73 Å². The van der Waals surface area contributed by atoms with Crippen LogP contribution in [-0.4, -0.2) is 17.7 Å². The van der Waals surface area contributed by atoms with Gasteiger partial charge in [-0.1, -0.05) is 6.92 Å². The van der Waals surface area contributed by atoms with E-state index in [1.54, 1.807) is 0 Å². The Labute approximate surface area is 87.2 Å². The van der Waals surface area contributed by atoms with Gasteiger partial charge in [0.2, 0.25) is 0 Å². The third-order valence-corrected chi connectivity index (χ3v) is 4.06. The Balaban J connectivity index is 2.00. The largest absolute Gasteiger partial charge is 0.369 e. The van der Waals surface area contributed by atoms with Gasteiger partial charge in [0.25, 0.3) is 0 Å². The van der Waals surface area contributed by atoms with Gasteiger partial charge in [0, 0.05) is 0 Å². The molecule has 2 nitrogen and oxygen atoms in total. The Morgan fingerprint density at radius 3 is 2.71 bits per heavy atom. The summed E-state index contributed by atoms with van der Waals surface area (Å²) in [4.78, 5) is 0. The quantitative estimate of drug-likeness (QED) is 0.738. The highest BCUT2D eigenvalue weighted by Crippen LogP contribution is 2.50. The monoisotopic (exact) mass is 197 g/mol. The third-order valence-electron chi connectivity index (χ3n) is 4.06. The molecule has 2 heteroatoms. The zero-order valence-electron chi connectivity index (χ0n) is 9.51. The normalized spacial score (nSPS) is 47.8. The van der Waals surface area contributed by atoms with Crippen molar-refractivity contribution in [3.05, 3.63) is 0 Å². The van der Waals surface area contributed by atoms with Crippen LogP contribution in [0.2, 0.25) is 0 Å². The molecule has 0 radical (unpaired) electrons. The maximum atomic E-state index is 6.33. The first-order chi connectivity index (χ1) is 6.58. The number of hydrogen-bond acceptors (Lipinski definition) is 2. The van der Waals surface area contributed by atoms with Crippen molar-refractivity contribution in [1.82, 2.24) is 0 Å². The summed E-state index contributed by atoms with van der Waals surface area (Å²) in [5.41, 5.74) is 5.95. The van der Waals surface area contributed by atoms with E-state index in [9.17, 15) is 0 Å². The summed E-state index contributed by atoms with van der Waals surface area (Å²) in [6, 6.07) is 0. The summed E-state index contributed by atoms with van der Waals surface area (Å²) in [7, 11) is 0. The fourth-order valence-corrected chi connectivity index (χ4v) is 3.27. The van der Waals surface area contributed by atoms with E-state index in [1.165, 1.54) is 32.1 Å². The number of rotatable bonds is 2. The van der Waals surface area contributed by atoms with E-state index in [1.807, 2.05) is 0 Å². The van der Waals surface area contributed by atoms with Gasteiger partial charge >= 0.3 is 0 Å². The average molecular weight is 197 g/mol. The molecule has 2 fully saturated rings. The van der Waals surface area contributed by atoms with E-state index in [0.717, 1.165) is 18.9 Å². The van der Waals surface area contributed by atoms with Crippen LogP contribution in [0, 0.1) is 5.92 Å². The number of nitrogens with two attached hydrogens (primary N) is 1. The Morgan fingerprint density at radius 1 is 1.36 bits per heavy atom. The molecule has 1 heterocycles. The highest BCUT2D eigenvalue weighted by molar-refractivity contribution is 4.99. The first-order valence-corrected chi connectivity index (χ1v) is 5.98. The van der Waals surface area contributed by atoms with Crippen LogP contribution in [0.15, 0.2) is 0 Å². The molecule has 14 heavy (non-hydrogen) atoms. The maximum absolute atomic E-state index is 6.33. The van der Waals surface area contributed by atoms with Crippen LogP contribution in [0.4, 0.5) is 0 Å². The molecule has 1 saturated heterocycles. The zero-order chi connectivity index (χ0) is 10.2. The SMILES string of the molecule is CC1CCC2(CCC(C)(CCN)O2)C1. The fraction of sp³-hybridized carbons (Fsp3) is 1.00. The van der Waals surface area contributed by atoms with Gasteiger partial charge in [-0.2, -0.15) is 0 Å². The molecular formula is C12H23NO. The standard InChI is InChI=1S/C12H23NO/c1-10-3-4-12(9-10)6-5-11(2,14-12)7-8-13/h10H,3-9,13H2,1-2H3. The Morgan fingerprint density at radius 2 is 2.14 bits per heavy atom. The van der Waals surface area contributed by atoms with Gasteiger partial charge in [0.05, 0.1) is 11.2 Å². The van der Waals surface area contributed by atoms with Crippen LogP contribution in [0.25, 0.3) is 0 Å². The molecule has 1 saturated carbocycles. The maximum Gasteiger partial charge on any atom is 0.0693 e. The molecule has 1 aliphatic heterocycles. The molecule has 1 spiro atoms. The first-order valence-electron chi connectivity index (χ1n) is 5.98. The molecule has 82 valence electrons. The average Bonchev–Trinajstić information content (AvgIpc) is 2.59. The molecule has 3 atom stereocenters. The van der Waals surface area contributed by atoms with Gasteiger partial charge in [-0.15, -0.1) is 0 Å². The van der Waals surface area contributed by atoms with Gasteiger partial charge in [-0.25, -0.2) is 0 Å². The second-order valence-corrected chi connectivity index (χ2v) is 5.62. The predicted molar refractivity (Wildman–Crippen MR) is 58.1 cm³/mol. The summed E-state index contributed by atoms with van der Waals surface area (Å²) in [5.74, 6) is 0.857. The molecule has 0 amide bonds. The lowest BCUT2D eigenvalue weighted by Crippen LogP contribution is -2.33. The molecule has 0 aromatic rings. The Hall–Kier alpha value is -0.0800.